The van der Waals surface area contributed by atoms with E-state index in [0.29, 0.717) is 11.3 Å². The highest BCUT2D eigenvalue weighted by Crippen LogP contribution is 2.15. The lowest BCUT2D eigenvalue weighted by molar-refractivity contribution is 0.102. The zero-order valence-corrected chi connectivity index (χ0v) is 11.6. The Bertz CT molecular complexity index is 729. The number of benzene rings is 2. The van der Waals surface area contributed by atoms with Crippen LogP contribution in [0.4, 0.5) is 10.1 Å². The number of hydrogen-bond donors (Lipinski definition) is 2. The molecule has 0 aliphatic carbocycles. The van der Waals surface area contributed by atoms with Crippen molar-refractivity contribution in [1.82, 2.24) is 0 Å². The molecule has 0 saturated carbocycles. The number of carbonyl (C=O) groups excluding carboxylic acids is 1. The molecular weight excluding hydrogens is 267 g/mol. The van der Waals surface area contributed by atoms with Crippen LogP contribution in [0.2, 0.25) is 0 Å². The first-order valence-electron chi connectivity index (χ1n) is 6.46. The lowest BCUT2D eigenvalue weighted by Crippen LogP contribution is -2.12. The van der Waals surface area contributed by atoms with Gasteiger partial charge in [-0.1, -0.05) is 29.5 Å². The highest BCUT2D eigenvalue weighted by molar-refractivity contribution is 6.04. The lowest BCUT2D eigenvalue weighted by Gasteiger charge is -2.06. The van der Waals surface area contributed by atoms with Crippen LogP contribution in [-0.4, -0.2) is 12.5 Å². The zero-order chi connectivity index (χ0) is 15.2. The van der Waals surface area contributed by atoms with Gasteiger partial charge in [-0.25, -0.2) is 4.39 Å². The number of hydrogen-bond acceptors (Lipinski definition) is 2. The van der Waals surface area contributed by atoms with Crippen LogP contribution in [0.15, 0.2) is 42.5 Å². The van der Waals surface area contributed by atoms with Crippen molar-refractivity contribution in [2.45, 2.75) is 6.92 Å². The molecule has 21 heavy (non-hydrogen) atoms. The van der Waals surface area contributed by atoms with Gasteiger partial charge in [0.05, 0.1) is 12.1 Å². The van der Waals surface area contributed by atoms with Crippen LogP contribution in [0.1, 0.15) is 21.5 Å². The third-order valence-electron chi connectivity index (χ3n) is 2.83. The first-order valence-corrected chi connectivity index (χ1v) is 6.46. The van der Waals surface area contributed by atoms with E-state index in [0.717, 1.165) is 5.56 Å². The van der Waals surface area contributed by atoms with E-state index in [-0.39, 0.29) is 18.0 Å². The fourth-order valence-electron chi connectivity index (χ4n) is 1.83. The third-order valence-corrected chi connectivity index (χ3v) is 2.83. The Labute approximate surface area is 123 Å². The summed E-state index contributed by atoms with van der Waals surface area (Å²) >= 11 is 0. The highest BCUT2D eigenvalue weighted by atomic mass is 19.1. The Morgan fingerprint density at radius 2 is 2.10 bits per heavy atom. The molecule has 0 radical (unpaired) electrons. The molecule has 0 saturated heterocycles. The molecule has 2 rings (SSSR count). The van der Waals surface area contributed by atoms with Gasteiger partial charge in [0, 0.05) is 11.3 Å². The summed E-state index contributed by atoms with van der Waals surface area (Å²) in [5.41, 5.74) is 7.41. The quantitative estimate of drug-likeness (QED) is 0.832. The van der Waals surface area contributed by atoms with E-state index in [1.54, 1.807) is 24.3 Å². The van der Waals surface area contributed by atoms with Gasteiger partial charge in [-0.3, -0.25) is 4.79 Å². The van der Waals surface area contributed by atoms with Crippen LogP contribution in [0.5, 0.6) is 0 Å². The SMILES string of the molecule is Cc1cccc(C(=O)Nc2ccc(C#CCN)c(F)c2)c1. The summed E-state index contributed by atoms with van der Waals surface area (Å²) < 4.78 is 13.8. The maximum atomic E-state index is 13.8. The molecule has 2 aromatic carbocycles. The fourth-order valence-corrected chi connectivity index (χ4v) is 1.83. The molecular formula is C17H15FN2O. The van der Waals surface area contributed by atoms with Crippen molar-refractivity contribution in [1.29, 1.82) is 0 Å². The van der Waals surface area contributed by atoms with E-state index in [4.69, 9.17) is 5.73 Å². The standard InChI is InChI=1S/C17H15FN2O/c1-12-4-2-5-14(10-12)17(21)20-15-8-7-13(6-3-9-19)16(18)11-15/h2,4-5,7-8,10-11H,9,19H2,1H3,(H,20,21). The van der Waals surface area contributed by atoms with E-state index in [1.807, 2.05) is 13.0 Å². The van der Waals surface area contributed by atoms with Crippen LogP contribution in [0, 0.1) is 24.6 Å². The van der Waals surface area contributed by atoms with Crippen LogP contribution >= 0.6 is 0 Å². The summed E-state index contributed by atoms with van der Waals surface area (Å²) in [6, 6.07) is 11.6. The molecule has 1 amide bonds. The van der Waals surface area contributed by atoms with Gasteiger partial charge in [0.1, 0.15) is 5.82 Å². The molecule has 0 heterocycles. The van der Waals surface area contributed by atoms with E-state index >= 15 is 0 Å². The summed E-state index contributed by atoms with van der Waals surface area (Å²) in [7, 11) is 0. The van der Waals surface area contributed by atoms with Crippen LogP contribution in [-0.2, 0) is 0 Å². The second kappa shape index (κ2) is 6.69. The van der Waals surface area contributed by atoms with Crippen molar-refractivity contribution in [3.05, 3.63) is 65.0 Å². The van der Waals surface area contributed by atoms with Gasteiger partial charge in [0.15, 0.2) is 0 Å². The molecule has 3 N–H and O–H groups in total. The van der Waals surface area contributed by atoms with Gasteiger partial charge in [-0.2, -0.15) is 0 Å². The molecule has 3 nitrogen and oxygen atoms in total. The average molecular weight is 282 g/mol. The number of nitrogens with two attached hydrogens (primary N) is 1. The summed E-state index contributed by atoms with van der Waals surface area (Å²) in [6.07, 6.45) is 0. The smallest absolute Gasteiger partial charge is 0.255 e. The number of carbonyl (C=O) groups is 1. The third kappa shape index (κ3) is 3.91. The molecule has 0 unspecified atom stereocenters. The van der Waals surface area contributed by atoms with Gasteiger partial charge in [0.2, 0.25) is 0 Å². The van der Waals surface area contributed by atoms with E-state index < -0.39 is 5.82 Å². The molecule has 106 valence electrons. The first kappa shape index (κ1) is 14.8. The number of aryl methyl sites for hydroxylation is 1. The molecule has 0 spiro atoms. The van der Waals surface area contributed by atoms with Gasteiger partial charge < -0.3 is 11.1 Å². The predicted molar refractivity (Wildman–Crippen MR) is 81.5 cm³/mol. The molecule has 0 atom stereocenters. The van der Waals surface area contributed by atoms with E-state index in [2.05, 4.69) is 17.2 Å². The number of amides is 1. The summed E-state index contributed by atoms with van der Waals surface area (Å²) in [5.74, 6) is 4.45. The lowest BCUT2D eigenvalue weighted by atomic mass is 10.1. The highest BCUT2D eigenvalue weighted by Gasteiger charge is 2.08. The fraction of sp³-hybridized carbons (Fsp3) is 0.118. The molecule has 0 aliphatic heterocycles. The minimum atomic E-state index is -0.488. The molecule has 4 heteroatoms. The zero-order valence-electron chi connectivity index (χ0n) is 11.6. The van der Waals surface area contributed by atoms with Gasteiger partial charge in [-0.15, -0.1) is 0 Å². The Morgan fingerprint density at radius 3 is 2.76 bits per heavy atom. The summed E-state index contributed by atoms with van der Waals surface area (Å²) in [5, 5.41) is 2.66. The molecule has 0 bridgehead atoms. The minimum absolute atomic E-state index is 0.172. The minimum Gasteiger partial charge on any atom is -0.322 e. The summed E-state index contributed by atoms with van der Waals surface area (Å²) in [6.45, 7) is 2.08. The Hall–Kier alpha value is -2.64. The summed E-state index contributed by atoms with van der Waals surface area (Å²) in [4.78, 5) is 12.1. The molecule has 0 aromatic heterocycles. The normalized spacial score (nSPS) is 9.67. The molecule has 0 fully saturated rings. The van der Waals surface area contributed by atoms with E-state index in [1.165, 1.54) is 12.1 Å². The van der Waals surface area contributed by atoms with Crippen molar-refractivity contribution in [2.24, 2.45) is 5.73 Å². The largest absolute Gasteiger partial charge is 0.322 e. The topological polar surface area (TPSA) is 55.1 Å². The number of anilines is 1. The average Bonchev–Trinajstić information content (AvgIpc) is 2.46. The predicted octanol–water partition coefficient (Wildman–Crippen LogP) is 2.70. The second-order valence-electron chi connectivity index (χ2n) is 4.52. The van der Waals surface area contributed by atoms with E-state index in [9.17, 15) is 9.18 Å². The maximum Gasteiger partial charge on any atom is 0.255 e. The Kier molecular flexibility index (Phi) is 4.70. The number of halogens is 1. The van der Waals surface area contributed by atoms with Crippen LogP contribution < -0.4 is 11.1 Å². The van der Waals surface area contributed by atoms with Crippen LogP contribution in [0.3, 0.4) is 0 Å². The van der Waals surface area contributed by atoms with Crippen molar-refractivity contribution < 1.29 is 9.18 Å². The first-order chi connectivity index (χ1) is 10.1. The number of rotatable bonds is 2. The van der Waals surface area contributed by atoms with Crippen molar-refractivity contribution >= 4 is 11.6 Å². The van der Waals surface area contributed by atoms with Gasteiger partial charge in [-0.05, 0) is 37.3 Å². The molecule has 0 aliphatic rings. The van der Waals surface area contributed by atoms with Crippen molar-refractivity contribution in [2.75, 3.05) is 11.9 Å². The van der Waals surface area contributed by atoms with Gasteiger partial charge >= 0.3 is 0 Å². The molecule has 2 aromatic rings. The maximum absolute atomic E-state index is 13.8. The Balaban J connectivity index is 2.17. The van der Waals surface area contributed by atoms with Crippen molar-refractivity contribution in [3.8, 4) is 11.8 Å². The van der Waals surface area contributed by atoms with Gasteiger partial charge in [0.25, 0.3) is 5.91 Å². The number of nitrogens with one attached hydrogen (secondary N) is 1. The van der Waals surface area contributed by atoms with Crippen molar-refractivity contribution in [3.63, 3.8) is 0 Å². The Morgan fingerprint density at radius 1 is 1.29 bits per heavy atom. The second-order valence-corrected chi connectivity index (χ2v) is 4.52. The monoisotopic (exact) mass is 282 g/mol. The van der Waals surface area contributed by atoms with Crippen LogP contribution in [0.25, 0.3) is 0 Å².